The van der Waals surface area contributed by atoms with Crippen molar-refractivity contribution in [2.45, 2.75) is 19.9 Å². The molecule has 1 heterocycles. The number of aryl methyl sites for hydroxylation is 1. The Morgan fingerprint density at radius 1 is 1.24 bits per heavy atom. The van der Waals surface area contributed by atoms with Crippen LogP contribution in [0.4, 0.5) is 4.39 Å². The minimum absolute atomic E-state index is 0.0352. The van der Waals surface area contributed by atoms with Gasteiger partial charge in [-0.3, -0.25) is 9.59 Å². The fourth-order valence-electron chi connectivity index (χ4n) is 3.47. The first-order chi connectivity index (χ1) is 13.9. The summed E-state index contributed by atoms with van der Waals surface area (Å²) in [5.41, 5.74) is 1.67. The molecule has 1 aliphatic heterocycles. The van der Waals surface area contributed by atoms with Gasteiger partial charge in [-0.05, 0) is 55.3 Å². The van der Waals surface area contributed by atoms with Crippen molar-refractivity contribution in [2.24, 2.45) is 0 Å². The largest absolute Gasteiger partial charge is 0.507 e. The molecule has 1 unspecified atom stereocenters. The van der Waals surface area contributed by atoms with E-state index in [2.05, 4.69) is 6.58 Å². The summed E-state index contributed by atoms with van der Waals surface area (Å²) in [5.74, 6) is -1.56. The Labute approximate surface area is 168 Å². The summed E-state index contributed by atoms with van der Waals surface area (Å²) >= 11 is 0. The average molecular weight is 395 g/mol. The van der Waals surface area contributed by atoms with Gasteiger partial charge in [-0.1, -0.05) is 18.2 Å². The van der Waals surface area contributed by atoms with Crippen LogP contribution in [0.1, 0.15) is 29.7 Å². The van der Waals surface area contributed by atoms with Crippen LogP contribution in [0.3, 0.4) is 0 Å². The monoisotopic (exact) mass is 395 g/mol. The summed E-state index contributed by atoms with van der Waals surface area (Å²) in [6.07, 6.45) is 1.50. The standard InChI is InChI=1S/C23H22FNO4/c1-4-12-25-20(15-6-9-17(24)10-7-15)19(22(27)23(25)28)21(26)16-8-11-18(29-5-2)14(3)13-16/h4,6-11,13,20,26H,1,5,12H2,2-3H3/b21-19+. The molecule has 0 radical (unpaired) electrons. The van der Waals surface area contributed by atoms with Crippen molar-refractivity contribution in [3.63, 3.8) is 0 Å². The van der Waals surface area contributed by atoms with Gasteiger partial charge in [-0.2, -0.15) is 0 Å². The number of hydrogen-bond acceptors (Lipinski definition) is 4. The van der Waals surface area contributed by atoms with Gasteiger partial charge in [0.15, 0.2) is 0 Å². The molecule has 1 N–H and O–H groups in total. The number of carbonyl (C=O) groups excluding carboxylic acids is 2. The van der Waals surface area contributed by atoms with Crippen LogP contribution < -0.4 is 4.74 Å². The van der Waals surface area contributed by atoms with Crippen molar-refractivity contribution >= 4 is 17.4 Å². The maximum absolute atomic E-state index is 13.4. The van der Waals surface area contributed by atoms with Gasteiger partial charge in [0.05, 0.1) is 18.2 Å². The van der Waals surface area contributed by atoms with E-state index in [4.69, 9.17) is 4.74 Å². The molecular weight excluding hydrogens is 373 g/mol. The van der Waals surface area contributed by atoms with Gasteiger partial charge in [0.2, 0.25) is 0 Å². The third-order valence-corrected chi connectivity index (χ3v) is 4.80. The van der Waals surface area contributed by atoms with Gasteiger partial charge in [0.25, 0.3) is 11.7 Å². The van der Waals surface area contributed by atoms with Crippen LogP contribution in [0.25, 0.3) is 5.76 Å². The average Bonchev–Trinajstić information content (AvgIpc) is 2.95. The van der Waals surface area contributed by atoms with Crippen LogP contribution in [0.5, 0.6) is 5.75 Å². The second-order valence-electron chi connectivity index (χ2n) is 6.70. The lowest BCUT2D eigenvalue weighted by molar-refractivity contribution is -0.139. The highest BCUT2D eigenvalue weighted by Gasteiger charge is 2.45. The molecule has 29 heavy (non-hydrogen) atoms. The summed E-state index contributed by atoms with van der Waals surface area (Å²) in [7, 11) is 0. The molecule has 0 aromatic heterocycles. The van der Waals surface area contributed by atoms with Crippen LogP contribution in [0, 0.1) is 12.7 Å². The van der Waals surface area contributed by atoms with E-state index in [-0.39, 0.29) is 17.9 Å². The molecule has 0 aliphatic carbocycles. The minimum atomic E-state index is -0.833. The molecule has 2 aromatic carbocycles. The summed E-state index contributed by atoms with van der Waals surface area (Å²) in [5, 5.41) is 11.0. The third kappa shape index (κ3) is 3.78. The van der Waals surface area contributed by atoms with Crippen molar-refractivity contribution in [1.29, 1.82) is 0 Å². The molecule has 3 rings (SSSR count). The normalized spacial score (nSPS) is 18.2. The third-order valence-electron chi connectivity index (χ3n) is 4.80. The Morgan fingerprint density at radius 2 is 1.93 bits per heavy atom. The Hall–Kier alpha value is -3.41. The molecule has 2 aromatic rings. The molecule has 0 bridgehead atoms. The highest BCUT2D eigenvalue weighted by molar-refractivity contribution is 6.46. The molecule has 1 aliphatic rings. The molecule has 150 valence electrons. The SMILES string of the molecule is C=CCN1C(=O)C(=O)/C(=C(/O)c2ccc(OCC)c(C)c2)C1c1ccc(F)cc1. The van der Waals surface area contributed by atoms with E-state index in [1.165, 1.54) is 35.2 Å². The zero-order chi connectivity index (χ0) is 21.1. The van der Waals surface area contributed by atoms with Gasteiger partial charge in [0, 0.05) is 12.1 Å². The number of halogens is 1. The molecule has 0 spiro atoms. The van der Waals surface area contributed by atoms with E-state index in [0.29, 0.717) is 23.5 Å². The van der Waals surface area contributed by atoms with E-state index in [0.717, 1.165) is 5.56 Å². The van der Waals surface area contributed by atoms with Crippen molar-refractivity contribution in [3.05, 3.63) is 83.2 Å². The zero-order valence-corrected chi connectivity index (χ0v) is 16.3. The number of ketones is 1. The number of benzene rings is 2. The Kier molecular flexibility index (Phi) is 5.82. The minimum Gasteiger partial charge on any atom is -0.507 e. The predicted octanol–water partition coefficient (Wildman–Crippen LogP) is 4.14. The topological polar surface area (TPSA) is 66.8 Å². The van der Waals surface area contributed by atoms with Crippen LogP contribution in [-0.2, 0) is 9.59 Å². The highest BCUT2D eigenvalue weighted by atomic mass is 19.1. The van der Waals surface area contributed by atoms with Crippen molar-refractivity contribution in [2.75, 3.05) is 13.2 Å². The maximum Gasteiger partial charge on any atom is 0.295 e. The highest BCUT2D eigenvalue weighted by Crippen LogP contribution is 2.39. The van der Waals surface area contributed by atoms with E-state index in [1.54, 1.807) is 18.2 Å². The van der Waals surface area contributed by atoms with Crippen molar-refractivity contribution in [3.8, 4) is 5.75 Å². The summed E-state index contributed by atoms with van der Waals surface area (Å²) in [6.45, 7) is 7.96. The van der Waals surface area contributed by atoms with Gasteiger partial charge >= 0.3 is 0 Å². The predicted molar refractivity (Wildman–Crippen MR) is 108 cm³/mol. The molecule has 6 heteroatoms. The van der Waals surface area contributed by atoms with Gasteiger partial charge in [-0.15, -0.1) is 6.58 Å². The molecule has 0 saturated carbocycles. The van der Waals surface area contributed by atoms with Gasteiger partial charge < -0.3 is 14.7 Å². The van der Waals surface area contributed by atoms with E-state index in [9.17, 15) is 19.1 Å². The molecule has 1 saturated heterocycles. The molecule has 1 atom stereocenters. The number of likely N-dealkylation sites (tertiary alicyclic amines) is 1. The molecule has 1 amide bonds. The van der Waals surface area contributed by atoms with Crippen LogP contribution in [0.2, 0.25) is 0 Å². The maximum atomic E-state index is 13.4. The van der Waals surface area contributed by atoms with Crippen LogP contribution >= 0.6 is 0 Å². The fraction of sp³-hybridized carbons (Fsp3) is 0.217. The van der Waals surface area contributed by atoms with E-state index < -0.39 is 23.5 Å². The second-order valence-corrected chi connectivity index (χ2v) is 6.70. The number of aliphatic hydroxyl groups excluding tert-OH is 1. The molecule has 5 nitrogen and oxygen atoms in total. The smallest absolute Gasteiger partial charge is 0.295 e. The first-order valence-corrected chi connectivity index (χ1v) is 9.27. The first-order valence-electron chi connectivity index (χ1n) is 9.27. The van der Waals surface area contributed by atoms with E-state index >= 15 is 0 Å². The number of ether oxygens (including phenoxy) is 1. The number of amides is 1. The number of nitrogens with zero attached hydrogens (tertiary/aromatic N) is 1. The van der Waals surface area contributed by atoms with Crippen molar-refractivity contribution < 1.29 is 23.8 Å². The summed E-state index contributed by atoms with van der Waals surface area (Å²) < 4.78 is 18.9. The number of aliphatic hydroxyl groups is 1. The zero-order valence-electron chi connectivity index (χ0n) is 16.3. The number of carbonyl (C=O) groups is 2. The fourth-order valence-corrected chi connectivity index (χ4v) is 3.47. The second kappa shape index (κ2) is 8.31. The van der Waals surface area contributed by atoms with Gasteiger partial charge in [-0.25, -0.2) is 4.39 Å². The number of rotatable bonds is 6. The summed E-state index contributed by atoms with van der Waals surface area (Å²) in [6, 6.07) is 9.71. The first kappa shape index (κ1) is 20.3. The van der Waals surface area contributed by atoms with Crippen molar-refractivity contribution in [1.82, 2.24) is 4.90 Å². The van der Waals surface area contributed by atoms with Gasteiger partial charge in [0.1, 0.15) is 17.3 Å². The Morgan fingerprint density at radius 3 is 2.52 bits per heavy atom. The van der Waals surface area contributed by atoms with Crippen LogP contribution in [0.15, 0.2) is 60.7 Å². The van der Waals surface area contributed by atoms with E-state index in [1.807, 2.05) is 13.8 Å². The number of hydrogen-bond donors (Lipinski definition) is 1. The van der Waals surface area contributed by atoms with Crippen LogP contribution in [-0.4, -0.2) is 34.8 Å². The Balaban J connectivity index is 2.15. The summed E-state index contributed by atoms with van der Waals surface area (Å²) in [4.78, 5) is 26.7. The molecular formula is C23H22FNO4. The lowest BCUT2D eigenvalue weighted by Gasteiger charge is -2.24. The molecule has 1 fully saturated rings. The lowest BCUT2D eigenvalue weighted by atomic mass is 9.94. The quantitative estimate of drug-likeness (QED) is 0.346. The number of Topliss-reactive ketones (excluding diaryl/α,β-unsaturated/α-hetero) is 1. The Bertz CT molecular complexity index is 994. The lowest BCUT2D eigenvalue weighted by Crippen LogP contribution is -2.29.